The van der Waals surface area contributed by atoms with Crippen LogP contribution in [0.2, 0.25) is 10.0 Å². The summed E-state index contributed by atoms with van der Waals surface area (Å²) in [6.07, 6.45) is 0. The summed E-state index contributed by atoms with van der Waals surface area (Å²) in [6.45, 7) is 2.24. The Kier molecular flexibility index (Phi) is 5.18. The van der Waals surface area contributed by atoms with Crippen LogP contribution in [-0.2, 0) is 0 Å². The first-order valence-corrected chi connectivity index (χ1v) is 8.34. The summed E-state index contributed by atoms with van der Waals surface area (Å²) in [7, 11) is 0. The van der Waals surface area contributed by atoms with Gasteiger partial charge in [0, 0.05) is 21.2 Å². The highest BCUT2D eigenvalue weighted by atomic mass is 35.5. The van der Waals surface area contributed by atoms with E-state index in [4.69, 9.17) is 27.9 Å². The first kappa shape index (κ1) is 17.2. The van der Waals surface area contributed by atoms with Gasteiger partial charge in [-0.15, -0.1) is 0 Å². The number of ether oxygens (including phenoxy) is 1. The van der Waals surface area contributed by atoms with Crippen molar-refractivity contribution in [2.45, 2.75) is 6.92 Å². The number of halogens is 2. The quantitative estimate of drug-likeness (QED) is 0.618. The highest BCUT2D eigenvalue weighted by Gasteiger charge is 2.18. The van der Waals surface area contributed by atoms with E-state index in [0.29, 0.717) is 33.7 Å². The molecule has 1 aromatic heterocycles. The molecule has 3 rings (SSSR count). The van der Waals surface area contributed by atoms with Crippen molar-refractivity contribution in [2.24, 2.45) is 0 Å². The Balaban J connectivity index is 2.22. The molecule has 0 fully saturated rings. The molecular weight excluding hydrogens is 357 g/mol. The third kappa shape index (κ3) is 3.74. The summed E-state index contributed by atoms with van der Waals surface area (Å²) in [5, 5.41) is 10.8. The Labute approximate surface area is 155 Å². The molecule has 0 saturated heterocycles. The van der Waals surface area contributed by atoms with Crippen LogP contribution in [0.1, 0.15) is 12.5 Å². The highest BCUT2D eigenvalue weighted by molar-refractivity contribution is 6.30. The van der Waals surface area contributed by atoms with Crippen LogP contribution < -0.4 is 4.74 Å². The molecule has 3 aromatic rings. The van der Waals surface area contributed by atoms with Crippen LogP contribution in [0.15, 0.2) is 48.5 Å². The number of aromatic nitrogens is 2. The van der Waals surface area contributed by atoms with Gasteiger partial charge in [0.05, 0.1) is 12.3 Å². The van der Waals surface area contributed by atoms with Crippen LogP contribution in [0, 0.1) is 11.3 Å². The Hall–Kier alpha value is -2.61. The molecule has 25 heavy (non-hydrogen) atoms. The van der Waals surface area contributed by atoms with Crippen molar-refractivity contribution in [3.63, 3.8) is 0 Å². The molecule has 0 aliphatic carbocycles. The molecule has 2 aromatic carbocycles. The minimum atomic E-state index is 0.259. The lowest BCUT2D eigenvalue weighted by Gasteiger charge is -2.11. The van der Waals surface area contributed by atoms with Crippen LogP contribution in [0.4, 0.5) is 0 Å². The van der Waals surface area contributed by atoms with Crippen LogP contribution in [0.3, 0.4) is 0 Å². The molecule has 6 heteroatoms. The molecule has 0 saturated carbocycles. The van der Waals surface area contributed by atoms with Crippen molar-refractivity contribution in [2.75, 3.05) is 6.61 Å². The summed E-state index contributed by atoms with van der Waals surface area (Å²) in [5.41, 5.74) is 2.34. The molecule has 4 nitrogen and oxygen atoms in total. The van der Waals surface area contributed by atoms with E-state index in [0.717, 1.165) is 11.1 Å². The average molecular weight is 370 g/mol. The maximum absolute atomic E-state index is 9.59. The fourth-order valence-electron chi connectivity index (χ4n) is 2.33. The van der Waals surface area contributed by atoms with Gasteiger partial charge in [-0.2, -0.15) is 10.2 Å². The lowest BCUT2D eigenvalue weighted by molar-refractivity contribution is 0.326. The molecule has 0 spiro atoms. The van der Waals surface area contributed by atoms with Crippen LogP contribution in [0.25, 0.3) is 22.6 Å². The van der Waals surface area contributed by atoms with E-state index in [1.165, 1.54) is 0 Å². The van der Waals surface area contributed by atoms with Crippen molar-refractivity contribution in [3.8, 4) is 34.6 Å². The predicted octanol–water partition coefficient (Wildman–Crippen LogP) is 5.39. The molecule has 0 aliphatic rings. The summed E-state index contributed by atoms with van der Waals surface area (Å²) in [4.78, 5) is 9.00. The predicted molar refractivity (Wildman–Crippen MR) is 98.8 cm³/mol. The Morgan fingerprint density at radius 2 is 1.48 bits per heavy atom. The molecule has 0 unspecified atom stereocenters. The summed E-state index contributed by atoms with van der Waals surface area (Å²) >= 11 is 11.9. The maximum atomic E-state index is 9.59. The van der Waals surface area contributed by atoms with Crippen molar-refractivity contribution in [1.82, 2.24) is 9.97 Å². The smallest absolute Gasteiger partial charge is 0.236 e. The van der Waals surface area contributed by atoms with E-state index < -0.39 is 0 Å². The third-order valence-corrected chi connectivity index (χ3v) is 3.99. The molecule has 0 amide bonds. The number of rotatable bonds is 4. The minimum Gasteiger partial charge on any atom is -0.477 e. The van der Waals surface area contributed by atoms with Gasteiger partial charge < -0.3 is 4.74 Å². The SMILES string of the molecule is CCOc1nc(-c2ccc(Cl)cc2)nc(-c2ccc(Cl)cc2)c1C#N. The Morgan fingerprint density at radius 3 is 2.00 bits per heavy atom. The van der Waals surface area contributed by atoms with Gasteiger partial charge >= 0.3 is 0 Å². The topological polar surface area (TPSA) is 58.8 Å². The fourth-order valence-corrected chi connectivity index (χ4v) is 2.58. The van der Waals surface area contributed by atoms with Crippen molar-refractivity contribution in [1.29, 1.82) is 5.26 Å². The molecule has 0 radical (unpaired) electrons. The minimum absolute atomic E-state index is 0.259. The van der Waals surface area contributed by atoms with Gasteiger partial charge in [0.15, 0.2) is 5.82 Å². The van der Waals surface area contributed by atoms with Crippen molar-refractivity contribution in [3.05, 3.63) is 64.1 Å². The zero-order valence-electron chi connectivity index (χ0n) is 13.3. The monoisotopic (exact) mass is 369 g/mol. The molecule has 0 aliphatic heterocycles. The fraction of sp³-hybridized carbons (Fsp3) is 0.105. The average Bonchev–Trinajstić information content (AvgIpc) is 2.62. The number of nitrogens with zero attached hydrogens (tertiary/aromatic N) is 3. The normalized spacial score (nSPS) is 10.3. The number of hydrogen-bond donors (Lipinski definition) is 0. The zero-order chi connectivity index (χ0) is 17.8. The number of benzene rings is 2. The van der Waals surface area contributed by atoms with Gasteiger partial charge in [0.2, 0.25) is 5.88 Å². The van der Waals surface area contributed by atoms with Crippen LogP contribution in [0.5, 0.6) is 5.88 Å². The highest BCUT2D eigenvalue weighted by Crippen LogP contribution is 2.31. The summed E-state index contributed by atoms with van der Waals surface area (Å²) < 4.78 is 5.57. The standard InChI is InChI=1S/C19H13Cl2N3O/c1-2-25-19-16(11-22)17(12-3-7-14(20)8-4-12)23-18(24-19)13-5-9-15(21)10-6-13/h3-10H,2H2,1H3. The summed E-state index contributed by atoms with van der Waals surface area (Å²) in [5.74, 6) is 0.721. The zero-order valence-corrected chi connectivity index (χ0v) is 14.8. The lowest BCUT2D eigenvalue weighted by Crippen LogP contribution is -2.03. The van der Waals surface area contributed by atoms with Gasteiger partial charge in [-0.3, -0.25) is 0 Å². The van der Waals surface area contributed by atoms with Crippen LogP contribution >= 0.6 is 23.2 Å². The molecule has 1 heterocycles. The maximum Gasteiger partial charge on any atom is 0.236 e. The summed E-state index contributed by atoms with van der Waals surface area (Å²) in [6, 6.07) is 16.5. The molecule has 124 valence electrons. The van der Waals surface area contributed by atoms with E-state index in [9.17, 15) is 5.26 Å². The first-order chi connectivity index (χ1) is 12.1. The van der Waals surface area contributed by atoms with Crippen LogP contribution in [-0.4, -0.2) is 16.6 Å². The van der Waals surface area contributed by atoms with Gasteiger partial charge in [-0.25, -0.2) is 4.98 Å². The second-order valence-electron chi connectivity index (χ2n) is 5.13. The van der Waals surface area contributed by atoms with Gasteiger partial charge in [0.25, 0.3) is 0 Å². The Morgan fingerprint density at radius 1 is 0.920 bits per heavy atom. The van der Waals surface area contributed by atoms with Gasteiger partial charge in [-0.1, -0.05) is 35.3 Å². The van der Waals surface area contributed by atoms with Gasteiger partial charge in [0.1, 0.15) is 11.6 Å². The van der Waals surface area contributed by atoms with E-state index in [2.05, 4.69) is 16.0 Å². The number of hydrogen-bond acceptors (Lipinski definition) is 4. The van der Waals surface area contributed by atoms with E-state index >= 15 is 0 Å². The number of nitriles is 1. The largest absolute Gasteiger partial charge is 0.477 e. The molecule has 0 bridgehead atoms. The molecule has 0 N–H and O–H groups in total. The Bertz CT molecular complexity index is 933. The van der Waals surface area contributed by atoms with Crippen molar-refractivity contribution >= 4 is 23.2 Å². The molecular formula is C19H13Cl2N3O. The molecule has 0 atom stereocenters. The van der Waals surface area contributed by atoms with E-state index in [-0.39, 0.29) is 5.88 Å². The second-order valence-corrected chi connectivity index (χ2v) is 6.01. The van der Waals surface area contributed by atoms with Crippen molar-refractivity contribution < 1.29 is 4.74 Å². The van der Waals surface area contributed by atoms with E-state index in [1.807, 2.05) is 31.2 Å². The van der Waals surface area contributed by atoms with E-state index in [1.54, 1.807) is 24.3 Å². The first-order valence-electron chi connectivity index (χ1n) is 7.59. The lowest BCUT2D eigenvalue weighted by atomic mass is 10.1. The van der Waals surface area contributed by atoms with Gasteiger partial charge in [-0.05, 0) is 43.3 Å². The second kappa shape index (κ2) is 7.52. The third-order valence-electron chi connectivity index (χ3n) is 3.49.